The van der Waals surface area contributed by atoms with Gasteiger partial charge in [0.2, 0.25) is 10.0 Å². The Kier molecular flexibility index (Phi) is 4.87. The second-order valence-corrected chi connectivity index (χ2v) is 9.40. The maximum absolute atomic E-state index is 15.1. The van der Waals surface area contributed by atoms with Crippen LogP contribution in [0.2, 0.25) is 0 Å². The zero-order chi connectivity index (χ0) is 20.1. The molecule has 1 aromatic carbocycles. The molecule has 0 amide bonds. The Hall–Kier alpha value is -2.06. The summed E-state index contributed by atoms with van der Waals surface area (Å²) in [4.78, 5) is 11.5. The largest absolute Gasteiger partial charge is 0.469 e. The second kappa shape index (κ2) is 7.08. The fraction of sp³-hybridized carbons (Fsp3) is 0.450. The molecule has 0 aromatic heterocycles. The zero-order valence-corrected chi connectivity index (χ0v) is 16.3. The van der Waals surface area contributed by atoms with Gasteiger partial charge in [-0.3, -0.25) is 4.79 Å². The number of nitrogens with zero attached hydrogens (tertiary/aromatic N) is 1. The van der Waals surface area contributed by atoms with E-state index in [-0.39, 0.29) is 23.2 Å². The van der Waals surface area contributed by atoms with Crippen molar-refractivity contribution in [2.24, 2.45) is 0 Å². The van der Waals surface area contributed by atoms with E-state index in [1.165, 1.54) is 11.4 Å². The molecule has 0 bridgehead atoms. The van der Waals surface area contributed by atoms with Crippen molar-refractivity contribution >= 4 is 16.0 Å². The Labute approximate surface area is 162 Å². The van der Waals surface area contributed by atoms with Gasteiger partial charge < -0.3 is 4.74 Å². The fourth-order valence-corrected chi connectivity index (χ4v) is 6.55. The van der Waals surface area contributed by atoms with Gasteiger partial charge >= 0.3 is 5.97 Å². The Morgan fingerprint density at radius 1 is 1.29 bits per heavy atom. The third-order valence-electron chi connectivity index (χ3n) is 5.77. The van der Waals surface area contributed by atoms with Crippen LogP contribution in [0.4, 0.5) is 8.78 Å². The third kappa shape index (κ3) is 2.99. The number of methoxy groups -OCH3 is 1. The van der Waals surface area contributed by atoms with E-state index in [0.29, 0.717) is 12.8 Å². The highest BCUT2D eigenvalue weighted by molar-refractivity contribution is 7.90. The van der Waals surface area contributed by atoms with Gasteiger partial charge in [-0.25, -0.2) is 17.2 Å². The molecular formula is C20H21F2NO4S. The summed E-state index contributed by atoms with van der Waals surface area (Å²) in [6, 6.07) is 0.233. The highest BCUT2D eigenvalue weighted by Gasteiger charge is 2.49. The molecule has 4 rings (SSSR count). The van der Waals surface area contributed by atoms with E-state index in [0.717, 1.165) is 24.5 Å². The van der Waals surface area contributed by atoms with E-state index in [1.54, 1.807) is 0 Å². The Morgan fingerprint density at radius 3 is 2.75 bits per heavy atom. The van der Waals surface area contributed by atoms with Gasteiger partial charge in [0.15, 0.2) is 0 Å². The molecule has 0 saturated carbocycles. The first-order valence-electron chi connectivity index (χ1n) is 9.28. The average molecular weight is 409 g/mol. The zero-order valence-electron chi connectivity index (χ0n) is 15.5. The van der Waals surface area contributed by atoms with Crippen LogP contribution in [0, 0.1) is 11.6 Å². The Bertz CT molecular complexity index is 1000. The lowest BCUT2D eigenvalue weighted by atomic mass is 9.93. The van der Waals surface area contributed by atoms with Gasteiger partial charge in [-0.1, -0.05) is 18.2 Å². The van der Waals surface area contributed by atoms with Crippen molar-refractivity contribution in [3.8, 4) is 0 Å². The van der Waals surface area contributed by atoms with Crippen LogP contribution in [0.15, 0.2) is 29.9 Å². The minimum atomic E-state index is -3.75. The summed E-state index contributed by atoms with van der Waals surface area (Å²) in [5.41, 5.74) is 0.776. The molecule has 2 atom stereocenters. The van der Waals surface area contributed by atoms with Crippen molar-refractivity contribution in [2.45, 2.75) is 49.9 Å². The van der Waals surface area contributed by atoms with E-state index in [2.05, 4.69) is 4.74 Å². The maximum Gasteiger partial charge on any atom is 0.310 e. The monoisotopic (exact) mass is 409 g/mol. The van der Waals surface area contributed by atoms with Gasteiger partial charge in [-0.05, 0) is 37.3 Å². The predicted octanol–water partition coefficient (Wildman–Crippen LogP) is 3.31. The van der Waals surface area contributed by atoms with Gasteiger partial charge in [-0.2, -0.15) is 4.31 Å². The lowest BCUT2D eigenvalue weighted by Gasteiger charge is -2.35. The number of hydrogen-bond donors (Lipinski definition) is 0. The number of carbonyl (C=O) groups excluding carboxylic acids is 1. The quantitative estimate of drug-likeness (QED) is 0.719. The predicted molar refractivity (Wildman–Crippen MR) is 98.8 cm³/mol. The Morgan fingerprint density at radius 2 is 2.07 bits per heavy atom. The molecule has 2 heterocycles. The van der Waals surface area contributed by atoms with Crippen LogP contribution >= 0.6 is 0 Å². The van der Waals surface area contributed by atoms with Gasteiger partial charge in [0.05, 0.1) is 19.6 Å². The number of ether oxygens (including phenoxy) is 1. The van der Waals surface area contributed by atoms with Crippen molar-refractivity contribution in [1.29, 1.82) is 0 Å². The van der Waals surface area contributed by atoms with Crippen LogP contribution in [0.3, 0.4) is 0 Å². The van der Waals surface area contributed by atoms with E-state index in [4.69, 9.17) is 0 Å². The molecule has 2 aliphatic heterocycles. The van der Waals surface area contributed by atoms with Crippen molar-refractivity contribution in [1.82, 2.24) is 4.31 Å². The molecule has 0 N–H and O–H groups in total. The van der Waals surface area contributed by atoms with Crippen LogP contribution in [0.25, 0.3) is 0 Å². The third-order valence-corrected chi connectivity index (χ3v) is 8.04. The lowest BCUT2D eigenvalue weighted by molar-refractivity contribution is -0.139. The van der Waals surface area contributed by atoms with Gasteiger partial charge in [0.1, 0.15) is 16.9 Å². The summed E-state index contributed by atoms with van der Waals surface area (Å²) in [5.74, 6) is -2.08. The van der Waals surface area contributed by atoms with E-state index in [1.807, 2.05) is 18.2 Å². The highest BCUT2D eigenvalue weighted by Crippen LogP contribution is 2.48. The number of fused-ring (bicyclic) bond motifs is 3. The Balaban J connectivity index is 1.72. The SMILES string of the molecule is COC(=O)Cc1cc(F)c2c(c1F)[C@H]1CC[C@H](C3=CCCC=C3)S(=O)(=O)N1C2. The number of halogens is 2. The lowest BCUT2D eigenvalue weighted by Crippen LogP contribution is -2.43. The minimum Gasteiger partial charge on any atom is -0.469 e. The fourth-order valence-electron chi connectivity index (χ4n) is 4.40. The minimum absolute atomic E-state index is 0.0634. The standard InChI is InChI=1S/C20H21F2NO4S/c1-27-18(24)10-13-9-15(21)14-11-23-16(19(14)20(13)22)7-8-17(28(23,25)26)12-5-3-2-4-6-12/h3,5-6,9,16-17H,2,4,7-8,10-11H2,1H3/t16-,17-/m1/s1. The summed E-state index contributed by atoms with van der Waals surface area (Å²) in [6.07, 6.45) is 7.75. The summed E-state index contributed by atoms with van der Waals surface area (Å²) in [5, 5.41) is -0.685. The number of esters is 1. The topological polar surface area (TPSA) is 63.7 Å². The first-order valence-corrected chi connectivity index (χ1v) is 10.8. The van der Waals surface area contributed by atoms with Crippen molar-refractivity contribution in [3.05, 3.63) is 58.2 Å². The number of rotatable bonds is 3. The maximum atomic E-state index is 15.1. The van der Waals surface area contributed by atoms with E-state index >= 15 is 4.39 Å². The molecule has 1 aliphatic carbocycles. The normalized spacial score (nSPS) is 25.8. The molecule has 0 unspecified atom stereocenters. The molecule has 1 fully saturated rings. The highest BCUT2D eigenvalue weighted by atomic mass is 32.2. The smallest absolute Gasteiger partial charge is 0.310 e. The molecule has 8 heteroatoms. The van der Waals surface area contributed by atoms with Crippen LogP contribution in [-0.4, -0.2) is 31.1 Å². The van der Waals surface area contributed by atoms with Crippen LogP contribution in [0.1, 0.15) is 48.4 Å². The number of benzene rings is 1. The first-order chi connectivity index (χ1) is 13.3. The summed E-state index contributed by atoms with van der Waals surface area (Å²) in [7, 11) is -2.58. The molecule has 150 valence electrons. The van der Waals surface area contributed by atoms with E-state index < -0.39 is 45.3 Å². The number of sulfonamides is 1. The second-order valence-electron chi connectivity index (χ2n) is 7.33. The molecule has 28 heavy (non-hydrogen) atoms. The number of hydrogen-bond acceptors (Lipinski definition) is 4. The molecular weight excluding hydrogens is 388 g/mol. The summed E-state index contributed by atoms with van der Waals surface area (Å²) < 4.78 is 62.0. The molecule has 1 aromatic rings. The molecule has 1 saturated heterocycles. The molecule has 0 spiro atoms. The van der Waals surface area contributed by atoms with Crippen LogP contribution in [0.5, 0.6) is 0 Å². The molecule has 0 radical (unpaired) electrons. The van der Waals surface area contributed by atoms with Crippen molar-refractivity contribution < 1.29 is 26.7 Å². The number of carbonyl (C=O) groups is 1. The van der Waals surface area contributed by atoms with Crippen molar-refractivity contribution in [3.63, 3.8) is 0 Å². The average Bonchev–Trinajstić information content (AvgIpc) is 3.08. The van der Waals surface area contributed by atoms with E-state index in [9.17, 15) is 17.6 Å². The summed E-state index contributed by atoms with van der Waals surface area (Å²) >= 11 is 0. The van der Waals surface area contributed by atoms with Crippen LogP contribution in [-0.2, 0) is 32.5 Å². The first kappa shape index (κ1) is 19.3. The van der Waals surface area contributed by atoms with Gasteiger partial charge in [-0.15, -0.1) is 0 Å². The molecule has 3 aliphatic rings. The van der Waals surface area contributed by atoms with Crippen LogP contribution < -0.4 is 0 Å². The van der Waals surface area contributed by atoms with Crippen molar-refractivity contribution in [2.75, 3.05) is 7.11 Å². The molecule has 5 nitrogen and oxygen atoms in total. The summed E-state index contributed by atoms with van der Waals surface area (Å²) in [6.45, 7) is -0.183. The van der Waals surface area contributed by atoms with Gasteiger partial charge in [0.25, 0.3) is 0 Å². The number of allylic oxidation sites excluding steroid dienone is 3. The van der Waals surface area contributed by atoms with Gasteiger partial charge in [0, 0.05) is 23.2 Å².